The van der Waals surface area contributed by atoms with Gasteiger partial charge in [0.15, 0.2) is 5.82 Å². The first-order chi connectivity index (χ1) is 7.84. The number of hydrogen-bond donors (Lipinski definition) is 2. The van der Waals surface area contributed by atoms with Gasteiger partial charge in [0.1, 0.15) is 0 Å². The summed E-state index contributed by atoms with van der Waals surface area (Å²) in [6, 6.07) is 11.0. The van der Waals surface area contributed by atoms with Crippen LogP contribution in [0, 0.1) is 0 Å². The molecule has 0 saturated carbocycles. The van der Waals surface area contributed by atoms with E-state index in [9.17, 15) is 4.79 Å². The molecule has 0 aliphatic carbocycles. The van der Waals surface area contributed by atoms with E-state index in [0.29, 0.717) is 16.7 Å². The molecule has 0 aliphatic heterocycles. The van der Waals surface area contributed by atoms with Gasteiger partial charge in [-0.2, -0.15) is 0 Å². The zero-order chi connectivity index (χ0) is 11.0. The van der Waals surface area contributed by atoms with Crippen molar-refractivity contribution in [2.45, 2.75) is 0 Å². The quantitative estimate of drug-likeness (QED) is 0.646. The summed E-state index contributed by atoms with van der Waals surface area (Å²) in [4.78, 5) is 21.9. The average molecular weight is 211 g/mol. The normalized spacial score (nSPS) is 10.8. The van der Waals surface area contributed by atoms with Crippen LogP contribution in [0.5, 0.6) is 0 Å². The molecule has 0 radical (unpaired) electrons. The molecule has 78 valence electrons. The second kappa shape index (κ2) is 3.34. The highest BCUT2D eigenvalue weighted by atomic mass is 16.1. The van der Waals surface area contributed by atoms with Crippen LogP contribution in [-0.2, 0) is 0 Å². The molecule has 3 rings (SSSR count). The molecule has 2 N–H and O–H groups in total. The third kappa shape index (κ3) is 1.32. The highest BCUT2D eigenvalue weighted by molar-refractivity contribution is 5.78. The number of nitrogens with zero attached hydrogens (tertiary/aromatic N) is 1. The Kier molecular flexibility index (Phi) is 1.86. The lowest BCUT2D eigenvalue weighted by atomic mass is 10.2. The number of H-pyrrole nitrogens is 2. The van der Waals surface area contributed by atoms with Gasteiger partial charge < -0.3 is 9.97 Å². The molecule has 0 unspecified atom stereocenters. The Morgan fingerprint density at radius 2 is 1.94 bits per heavy atom. The number of nitrogens with one attached hydrogen (secondary N) is 2. The van der Waals surface area contributed by atoms with Gasteiger partial charge in [-0.15, -0.1) is 0 Å². The van der Waals surface area contributed by atoms with Gasteiger partial charge in [0.2, 0.25) is 0 Å². The summed E-state index contributed by atoms with van der Waals surface area (Å²) < 4.78 is 0. The van der Waals surface area contributed by atoms with E-state index < -0.39 is 0 Å². The molecule has 0 spiro atoms. The van der Waals surface area contributed by atoms with E-state index in [4.69, 9.17) is 0 Å². The van der Waals surface area contributed by atoms with Crippen molar-refractivity contribution in [3.63, 3.8) is 0 Å². The zero-order valence-corrected chi connectivity index (χ0v) is 8.40. The van der Waals surface area contributed by atoms with E-state index in [-0.39, 0.29) is 5.56 Å². The van der Waals surface area contributed by atoms with Crippen LogP contribution < -0.4 is 5.56 Å². The van der Waals surface area contributed by atoms with Crippen LogP contribution in [0.4, 0.5) is 0 Å². The molecule has 0 atom stereocenters. The number of fused-ring (bicyclic) bond motifs is 1. The largest absolute Gasteiger partial charge is 0.359 e. The average Bonchev–Trinajstić information content (AvgIpc) is 2.82. The van der Waals surface area contributed by atoms with E-state index in [1.54, 1.807) is 12.3 Å². The number of aromatic nitrogens is 3. The highest BCUT2D eigenvalue weighted by Gasteiger charge is 2.04. The Hall–Kier alpha value is -2.36. The van der Waals surface area contributed by atoms with E-state index in [1.807, 2.05) is 30.3 Å². The summed E-state index contributed by atoms with van der Waals surface area (Å²) >= 11 is 0. The molecular weight excluding hydrogens is 202 g/mol. The number of aromatic amines is 2. The Morgan fingerprint density at radius 3 is 2.75 bits per heavy atom. The number of hydrogen-bond acceptors (Lipinski definition) is 2. The maximum atomic E-state index is 11.8. The van der Waals surface area contributed by atoms with Gasteiger partial charge in [-0.05, 0) is 24.3 Å². The third-order valence-electron chi connectivity index (χ3n) is 2.47. The molecule has 0 bridgehead atoms. The van der Waals surface area contributed by atoms with Gasteiger partial charge in [-0.1, -0.05) is 12.1 Å². The van der Waals surface area contributed by atoms with Crippen molar-refractivity contribution in [1.82, 2.24) is 15.0 Å². The fourth-order valence-electron chi connectivity index (χ4n) is 1.69. The first kappa shape index (κ1) is 8.91. The maximum absolute atomic E-state index is 11.8. The number of para-hydroxylation sites is 1. The molecular formula is C12H9N3O. The Balaban J connectivity index is 2.34. The lowest BCUT2D eigenvalue weighted by molar-refractivity contribution is 1.16. The standard InChI is InChI=1S/C12H9N3O/c16-12-8-4-1-2-5-9(8)14-11(15-12)10-6-3-7-13-10/h1-7,13H,(H,14,15,16). The van der Waals surface area contributed by atoms with Gasteiger partial charge >= 0.3 is 0 Å². The van der Waals surface area contributed by atoms with Gasteiger partial charge in [0.25, 0.3) is 5.56 Å². The van der Waals surface area contributed by atoms with Gasteiger partial charge in [-0.25, -0.2) is 4.98 Å². The summed E-state index contributed by atoms with van der Waals surface area (Å²) in [6.07, 6.45) is 1.80. The summed E-state index contributed by atoms with van der Waals surface area (Å²) in [5.41, 5.74) is 1.40. The van der Waals surface area contributed by atoms with Crippen LogP contribution >= 0.6 is 0 Å². The number of rotatable bonds is 1. The van der Waals surface area contributed by atoms with Crippen molar-refractivity contribution in [2.24, 2.45) is 0 Å². The van der Waals surface area contributed by atoms with E-state index in [0.717, 1.165) is 5.69 Å². The molecule has 0 saturated heterocycles. The van der Waals surface area contributed by atoms with Crippen LogP contribution in [-0.4, -0.2) is 15.0 Å². The highest BCUT2D eigenvalue weighted by Crippen LogP contribution is 2.13. The second-order valence-corrected chi connectivity index (χ2v) is 3.52. The van der Waals surface area contributed by atoms with Gasteiger partial charge in [-0.3, -0.25) is 4.79 Å². The van der Waals surface area contributed by atoms with Crippen molar-refractivity contribution in [3.05, 3.63) is 52.9 Å². The van der Waals surface area contributed by atoms with Gasteiger partial charge in [0, 0.05) is 6.20 Å². The molecule has 2 heterocycles. The molecule has 0 amide bonds. The molecule has 2 aromatic heterocycles. The minimum atomic E-state index is -0.116. The maximum Gasteiger partial charge on any atom is 0.259 e. The van der Waals surface area contributed by atoms with Crippen molar-refractivity contribution in [2.75, 3.05) is 0 Å². The van der Waals surface area contributed by atoms with E-state index >= 15 is 0 Å². The first-order valence-corrected chi connectivity index (χ1v) is 4.97. The molecule has 1 aromatic carbocycles. The Bertz CT molecular complexity index is 683. The lowest BCUT2D eigenvalue weighted by Crippen LogP contribution is -2.09. The fraction of sp³-hybridized carbons (Fsp3) is 0. The van der Waals surface area contributed by atoms with Crippen LogP contribution in [0.3, 0.4) is 0 Å². The van der Waals surface area contributed by atoms with Gasteiger partial charge in [0.05, 0.1) is 16.6 Å². The monoisotopic (exact) mass is 211 g/mol. The summed E-state index contributed by atoms with van der Waals surface area (Å²) in [6.45, 7) is 0. The smallest absolute Gasteiger partial charge is 0.259 e. The Morgan fingerprint density at radius 1 is 1.06 bits per heavy atom. The summed E-state index contributed by atoms with van der Waals surface area (Å²) in [7, 11) is 0. The SMILES string of the molecule is O=c1[nH]c(-c2ccc[nH]2)nc2ccccc12. The van der Waals surface area contributed by atoms with Crippen molar-refractivity contribution in [1.29, 1.82) is 0 Å². The van der Waals surface area contributed by atoms with E-state index in [1.165, 1.54) is 0 Å². The van der Waals surface area contributed by atoms with Crippen molar-refractivity contribution >= 4 is 10.9 Å². The Labute approximate surface area is 91.0 Å². The molecule has 0 fully saturated rings. The van der Waals surface area contributed by atoms with E-state index in [2.05, 4.69) is 15.0 Å². The fourth-order valence-corrected chi connectivity index (χ4v) is 1.69. The molecule has 3 aromatic rings. The lowest BCUT2D eigenvalue weighted by Gasteiger charge is -2.00. The topological polar surface area (TPSA) is 61.5 Å². The zero-order valence-electron chi connectivity index (χ0n) is 8.40. The molecule has 4 heteroatoms. The predicted octanol–water partition coefficient (Wildman–Crippen LogP) is 1.92. The molecule has 0 aliphatic rings. The van der Waals surface area contributed by atoms with Crippen LogP contribution in [0.15, 0.2) is 47.4 Å². The van der Waals surface area contributed by atoms with Crippen LogP contribution in [0.2, 0.25) is 0 Å². The van der Waals surface area contributed by atoms with Crippen LogP contribution in [0.1, 0.15) is 0 Å². The predicted molar refractivity (Wildman–Crippen MR) is 62.2 cm³/mol. The number of benzene rings is 1. The third-order valence-corrected chi connectivity index (χ3v) is 2.47. The minimum absolute atomic E-state index is 0.116. The molecule has 4 nitrogen and oxygen atoms in total. The van der Waals surface area contributed by atoms with Crippen LogP contribution in [0.25, 0.3) is 22.4 Å². The summed E-state index contributed by atoms with van der Waals surface area (Å²) in [5.74, 6) is 0.564. The second-order valence-electron chi connectivity index (χ2n) is 3.52. The van der Waals surface area contributed by atoms with Crippen molar-refractivity contribution < 1.29 is 0 Å². The minimum Gasteiger partial charge on any atom is -0.359 e. The van der Waals surface area contributed by atoms with Crippen molar-refractivity contribution in [3.8, 4) is 11.5 Å². The first-order valence-electron chi connectivity index (χ1n) is 4.97. The molecule has 16 heavy (non-hydrogen) atoms. The summed E-state index contributed by atoms with van der Waals surface area (Å²) in [5, 5.41) is 0.609.